The van der Waals surface area contributed by atoms with Crippen molar-refractivity contribution in [2.75, 3.05) is 27.3 Å². The highest BCUT2D eigenvalue weighted by atomic mass is 19.4. The number of benzene rings is 1. The van der Waals surface area contributed by atoms with Crippen LogP contribution in [0, 0.1) is 0 Å². The summed E-state index contributed by atoms with van der Waals surface area (Å²) in [6.45, 7) is 0.596. The number of alkyl halides is 3. The van der Waals surface area contributed by atoms with Crippen molar-refractivity contribution in [2.45, 2.75) is 19.6 Å². The third-order valence-electron chi connectivity index (χ3n) is 3.48. The van der Waals surface area contributed by atoms with E-state index in [4.69, 9.17) is 9.47 Å². The molecule has 0 fully saturated rings. The van der Waals surface area contributed by atoms with E-state index in [-0.39, 0.29) is 24.3 Å². The van der Waals surface area contributed by atoms with Crippen LogP contribution < -0.4 is 15.0 Å². The van der Waals surface area contributed by atoms with Crippen LogP contribution in [0.1, 0.15) is 12.7 Å². The van der Waals surface area contributed by atoms with Gasteiger partial charge in [-0.2, -0.15) is 13.2 Å². The molecule has 9 heteroatoms. The Kier molecular flexibility index (Phi) is 5.33. The minimum absolute atomic E-state index is 0.116. The number of nitrogens with zero attached hydrogens (tertiary/aromatic N) is 2. The molecule has 0 amide bonds. The first-order valence-electron chi connectivity index (χ1n) is 7.21. The lowest BCUT2D eigenvalue weighted by Gasteiger charge is -2.21. The number of hydrogen-bond donors (Lipinski definition) is 1. The molecule has 0 aliphatic heterocycles. The van der Waals surface area contributed by atoms with Crippen molar-refractivity contribution >= 4 is 10.9 Å². The first-order valence-corrected chi connectivity index (χ1v) is 7.21. The Morgan fingerprint density at radius 3 is 2.38 bits per heavy atom. The SMILES string of the molecule is CCN(Cc1nc2cc(OC)c(OC)cc2c(=O)[nH]1)CC(F)(F)F. The van der Waals surface area contributed by atoms with Crippen molar-refractivity contribution < 1.29 is 22.6 Å². The molecule has 6 nitrogen and oxygen atoms in total. The monoisotopic (exact) mass is 345 g/mol. The second-order valence-electron chi connectivity index (χ2n) is 5.16. The van der Waals surface area contributed by atoms with Gasteiger partial charge in [-0.3, -0.25) is 9.69 Å². The minimum atomic E-state index is -4.32. The number of H-pyrrole nitrogens is 1. The van der Waals surface area contributed by atoms with Crippen molar-refractivity contribution in [2.24, 2.45) is 0 Å². The Labute approximate surface area is 136 Å². The number of aromatic amines is 1. The zero-order valence-electron chi connectivity index (χ0n) is 13.5. The fourth-order valence-corrected chi connectivity index (χ4v) is 2.33. The highest BCUT2D eigenvalue weighted by Crippen LogP contribution is 2.30. The summed E-state index contributed by atoms with van der Waals surface area (Å²) >= 11 is 0. The maximum Gasteiger partial charge on any atom is 0.401 e. The van der Waals surface area contributed by atoms with Crippen LogP contribution in [0.3, 0.4) is 0 Å². The molecule has 2 aromatic rings. The number of fused-ring (bicyclic) bond motifs is 1. The van der Waals surface area contributed by atoms with Crippen LogP contribution in [-0.2, 0) is 6.54 Å². The van der Waals surface area contributed by atoms with E-state index in [1.54, 1.807) is 6.92 Å². The number of halogens is 3. The van der Waals surface area contributed by atoms with E-state index in [9.17, 15) is 18.0 Å². The van der Waals surface area contributed by atoms with Crippen LogP contribution in [0.25, 0.3) is 10.9 Å². The molecule has 1 N–H and O–H groups in total. The quantitative estimate of drug-likeness (QED) is 0.870. The Bertz CT molecular complexity index is 774. The summed E-state index contributed by atoms with van der Waals surface area (Å²) in [6, 6.07) is 3.00. The van der Waals surface area contributed by atoms with Gasteiger partial charge in [0.05, 0.1) is 38.2 Å². The van der Waals surface area contributed by atoms with Crippen LogP contribution in [0.5, 0.6) is 11.5 Å². The van der Waals surface area contributed by atoms with Gasteiger partial charge in [-0.15, -0.1) is 0 Å². The molecule has 0 bridgehead atoms. The van der Waals surface area contributed by atoms with Gasteiger partial charge in [-0.1, -0.05) is 6.92 Å². The van der Waals surface area contributed by atoms with Gasteiger partial charge in [0, 0.05) is 6.07 Å². The van der Waals surface area contributed by atoms with E-state index >= 15 is 0 Å². The Hall–Kier alpha value is -2.29. The van der Waals surface area contributed by atoms with Crippen LogP contribution in [0.4, 0.5) is 13.2 Å². The van der Waals surface area contributed by atoms with Crippen molar-refractivity contribution in [3.05, 3.63) is 28.3 Å². The lowest BCUT2D eigenvalue weighted by molar-refractivity contribution is -0.146. The van der Waals surface area contributed by atoms with Crippen LogP contribution in [0.15, 0.2) is 16.9 Å². The normalized spacial score (nSPS) is 12.0. The molecule has 0 saturated heterocycles. The van der Waals surface area contributed by atoms with Gasteiger partial charge in [0.15, 0.2) is 11.5 Å². The lowest BCUT2D eigenvalue weighted by atomic mass is 10.2. The summed E-state index contributed by atoms with van der Waals surface area (Å²) in [5, 5.41) is 0.273. The average molecular weight is 345 g/mol. The molecule has 1 heterocycles. The van der Waals surface area contributed by atoms with Crippen LogP contribution >= 0.6 is 0 Å². The summed E-state index contributed by atoms with van der Waals surface area (Å²) in [6.07, 6.45) is -4.32. The maximum absolute atomic E-state index is 12.5. The van der Waals surface area contributed by atoms with E-state index < -0.39 is 18.3 Å². The lowest BCUT2D eigenvalue weighted by Crippen LogP contribution is -2.34. The largest absolute Gasteiger partial charge is 0.493 e. The first-order chi connectivity index (χ1) is 11.3. The zero-order chi connectivity index (χ0) is 17.9. The van der Waals surface area contributed by atoms with E-state index in [0.717, 1.165) is 4.90 Å². The summed E-state index contributed by atoms with van der Waals surface area (Å²) in [5.41, 5.74) is -0.117. The molecule has 0 radical (unpaired) electrons. The van der Waals surface area contributed by atoms with E-state index in [1.807, 2.05) is 0 Å². The second-order valence-corrected chi connectivity index (χ2v) is 5.16. The molecule has 1 aromatic heterocycles. The third kappa shape index (κ3) is 4.16. The van der Waals surface area contributed by atoms with E-state index in [0.29, 0.717) is 17.0 Å². The van der Waals surface area contributed by atoms with Crippen molar-refractivity contribution in [3.8, 4) is 11.5 Å². The highest BCUT2D eigenvalue weighted by molar-refractivity contribution is 5.81. The second kappa shape index (κ2) is 7.08. The van der Waals surface area contributed by atoms with Gasteiger partial charge in [0.2, 0.25) is 0 Å². The number of aromatic nitrogens is 2. The zero-order valence-corrected chi connectivity index (χ0v) is 13.5. The smallest absolute Gasteiger partial charge is 0.401 e. The Morgan fingerprint density at radius 1 is 1.21 bits per heavy atom. The number of hydrogen-bond acceptors (Lipinski definition) is 5. The number of ether oxygens (including phenoxy) is 2. The molecular weight excluding hydrogens is 327 g/mol. The predicted molar refractivity (Wildman–Crippen MR) is 82.5 cm³/mol. The van der Waals surface area contributed by atoms with Gasteiger partial charge in [0.1, 0.15) is 5.82 Å². The predicted octanol–water partition coefficient (Wildman–Crippen LogP) is 2.32. The summed E-state index contributed by atoms with van der Waals surface area (Å²) in [4.78, 5) is 20.1. The fraction of sp³-hybridized carbons (Fsp3) is 0.467. The Morgan fingerprint density at radius 2 is 1.83 bits per heavy atom. The minimum Gasteiger partial charge on any atom is -0.493 e. The first kappa shape index (κ1) is 18.1. The number of rotatable bonds is 6. The van der Waals surface area contributed by atoms with Crippen LogP contribution in [0.2, 0.25) is 0 Å². The Balaban J connectivity index is 2.40. The molecular formula is C15H18F3N3O3. The fourth-order valence-electron chi connectivity index (χ4n) is 2.33. The van der Waals surface area contributed by atoms with Crippen molar-refractivity contribution in [3.63, 3.8) is 0 Å². The molecule has 1 aromatic carbocycles. The third-order valence-corrected chi connectivity index (χ3v) is 3.48. The number of methoxy groups -OCH3 is 2. The van der Waals surface area contributed by atoms with Crippen molar-refractivity contribution in [1.29, 1.82) is 0 Å². The maximum atomic E-state index is 12.5. The van der Waals surface area contributed by atoms with Gasteiger partial charge in [-0.05, 0) is 12.6 Å². The molecule has 0 saturated carbocycles. The van der Waals surface area contributed by atoms with Crippen LogP contribution in [-0.4, -0.2) is 48.4 Å². The molecule has 0 aliphatic rings. The molecule has 132 valence electrons. The highest BCUT2D eigenvalue weighted by Gasteiger charge is 2.30. The molecule has 0 spiro atoms. The average Bonchev–Trinajstić information content (AvgIpc) is 2.51. The van der Waals surface area contributed by atoms with E-state index in [2.05, 4.69) is 9.97 Å². The van der Waals surface area contributed by atoms with E-state index in [1.165, 1.54) is 26.4 Å². The van der Waals surface area contributed by atoms with Gasteiger partial charge in [-0.25, -0.2) is 4.98 Å². The van der Waals surface area contributed by atoms with Gasteiger partial charge < -0.3 is 14.5 Å². The summed E-state index contributed by atoms with van der Waals surface area (Å²) in [5.74, 6) is 0.916. The standard InChI is InChI=1S/C15H18F3N3O3/c1-4-21(8-15(16,17)18)7-13-19-10-6-12(24-3)11(23-2)5-9(10)14(22)20-13/h5-6H,4,7-8H2,1-3H3,(H,19,20,22). The topological polar surface area (TPSA) is 67.5 Å². The molecule has 0 atom stereocenters. The number of nitrogens with one attached hydrogen (secondary N) is 1. The van der Waals surface area contributed by atoms with Gasteiger partial charge >= 0.3 is 6.18 Å². The molecule has 0 aliphatic carbocycles. The van der Waals surface area contributed by atoms with Crippen molar-refractivity contribution in [1.82, 2.24) is 14.9 Å². The summed E-state index contributed by atoms with van der Waals surface area (Å²) in [7, 11) is 2.88. The molecule has 2 rings (SSSR count). The summed E-state index contributed by atoms with van der Waals surface area (Å²) < 4.78 is 47.9. The molecule has 0 unspecified atom stereocenters. The molecule has 24 heavy (non-hydrogen) atoms. The van der Waals surface area contributed by atoms with Gasteiger partial charge in [0.25, 0.3) is 5.56 Å².